The minimum absolute atomic E-state index is 0.0183. The third-order valence-electron chi connectivity index (χ3n) is 3.59. The second-order valence-electron chi connectivity index (χ2n) is 4.96. The Balaban J connectivity index is 2.44. The van der Waals surface area contributed by atoms with Gasteiger partial charge in [0.05, 0.1) is 13.0 Å². The summed E-state index contributed by atoms with van der Waals surface area (Å²) in [5.41, 5.74) is 0. The van der Waals surface area contributed by atoms with Gasteiger partial charge in [-0.2, -0.15) is 0 Å². The maximum atomic E-state index is 11.4. The zero-order chi connectivity index (χ0) is 12.7. The Hall–Kier alpha value is -0.610. The Morgan fingerprint density at radius 1 is 1.53 bits per heavy atom. The van der Waals surface area contributed by atoms with Crippen molar-refractivity contribution in [3.63, 3.8) is 0 Å². The highest BCUT2D eigenvalue weighted by atomic mass is 16.5. The van der Waals surface area contributed by atoms with Crippen LogP contribution in [-0.4, -0.2) is 50.7 Å². The molecule has 100 valence electrons. The molecule has 0 aliphatic carbocycles. The molecule has 0 radical (unpaired) electrons. The van der Waals surface area contributed by atoms with E-state index in [2.05, 4.69) is 10.2 Å². The van der Waals surface area contributed by atoms with Crippen molar-refractivity contribution in [3.8, 4) is 0 Å². The molecule has 0 bridgehead atoms. The molecule has 0 amide bonds. The second kappa shape index (κ2) is 7.67. The SMILES string of the molecule is CNCCC1CCCCN1CC(C)C(=O)OC. The standard InChI is InChI=1S/C13H26N2O2/c1-11(13(16)17-3)10-15-9-5-4-6-12(15)7-8-14-2/h11-12,14H,4-10H2,1-3H3. The van der Waals surface area contributed by atoms with Crippen LogP contribution in [0.4, 0.5) is 0 Å². The molecule has 1 fully saturated rings. The summed E-state index contributed by atoms with van der Waals surface area (Å²) in [6.07, 6.45) is 5.00. The van der Waals surface area contributed by atoms with Crippen molar-refractivity contribution in [2.45, 2.75) is 38.6 Å². The molecular weight excluding hydrogens is 216 g/mol. The molecule has 1 aliphatic rings. The van der Waals surface area contributed by atoms with Crippen LogP contribution in [0.3, 0.4) is 0 Å². The van der Waals surface area contributed by atoms with E-state index in [1.54, 1.807) is 0 Å². The first kappa shape index (κ1) is 14.5. The fraction of sp³-hybridized carbons (Fsp3) is 0.923. The van der Waals surface area contributed by atoms with Crippen LogP contribution < -0.4 is 5.32 Å². The third kappa shape index (κ3) is 4.64. The number of ether oxygens (including phenoxy) is 1. The lowest BCUT2D eigenvalue weighted by Gasteiger charge is -2.36. The van der Waals surface area contributed by atoms with Crippen molar-refractivity contribution in [1.29, 1.82) is 0 Å². The average molecular weight is 242 g/mol. The molecule has 17 heavy (non-hydrogen) atoms. The van der Waals surface area contributed by atoms with Gasteiger partial charge in [0.2, 0.25) is 0 Å². The number of nitrogens with one attached hydrogen (secondary N) is 1. The molecule has 0 spiro atoms. The summed E-state index contributed by atoms with van der Waals surface area (Å²) in [5.74, 6) is -0.113. The van der Waals surface area contributed by atoms with Crippen molar-refractivity contribution >= 4 is 5.97 Å². The topological polar surface area (TPSA) is 41.6 Å². The normalized spacial score (nSPS) is 23.4. The van der Waals surface area contributed by atoms with Gasteiger partial charge in [0.1, 0.15) is 0 Å². The van der Waals surface area contributed by atoms with E-state index < -0.39 is 0 Å². The molecule has 0 aromatic rings. The van der Waals surface area contributed by atoms with Crippen molar-refractivity contribution in [1.82, 2.24) is 10.2 Å². The van der Waals surface area contributed by atoms with E-state index >= 15 is 0 Å². The predicted octanol–water partition coefficient (Wildman–Crippen LogP) is 1.26. The summed E-state index contributed by atoms with van der Waals surface area (Å²) in [7, 11) is 3.46. The summed E-state index contributed by atoms with van der Waals surface area (Å²) in [6, 6.07) is 0.628. The first-order valence-electron chi connectivity index (χ1n) is 6.65. The molecule has 1 N–H and O–H groups in total. The zero-order valence-electron chi connectivity index (χ0n) is 11.4. The lowest BCUT2D eigenvalue weighted by atomic mass is 9.97. The Morgan fingerprint density at radius 2 is 2.29 bits per heavy atom. The molecule has 2 unspecified atom stereocenters. The maximum Gasteiger partial charge on any atom is 0.309 e. The summed E-state index contributed by atoms with van der Waals surface area (Å²) >= 11 is 0. The van der Waals surface area contributed by atoms with Gasteiger partial charge in [-0.25, -0.2) is 0 Å². The molecule has 4 heteroatoms. The van der Waals surface area contributed by atoms with Crippen LogP contribution >= 0.6 is 0 Å². The van der Waals surface area contributed by atoms with Gasteiger partial charge >= 0.3 is 5.97 Å². The van der Waals surface area contributed by atoms with Crippen LogP contribution in [0, 0.1) is 5.92 Å². The van der Waals surface area contributed by atoms with Crippen LogP contribution in [0.15, 0.2) is 0 Å². The van der Waals surface area contributed by atoms with Crippen LogP contribution in [0.1, 0.15) is 32.6 Å². The highest BCUT2D eigenvalue weighted by molar-refractivity contribution is 5.72. The number of hydrogen-bond acceptors (Lipinski definition) is 4. The minimum Gasteiger partial charge on any atom is -0.469 e. The van der Waals surface area contributed by atoms with Crippen molar-refractivity contribution in [2.75, 3.05) is 33.8 Å². The van der Waals surface area contributed by atoms with Crippen LogP contribution in [0.25, 0.3) is 0 Å². The monoisotopic (exact) mass is 242 g/mol. The van der Waals surface area contributed by atoms with Gasteiger partial charge in [-0.3, -0.25) is 9.69 Å². The highest BCUT2D eigenvalue weighted by Crippen LogP contribution is 2.20. The van der Waals surface area contributed by atoms with E-state index in [1.165, 1.54) is 32.8 Å². The summed E-state index contributed by atoms with van der Waals surface area (Å²) in [4.78, 5) is 13.9. The zero-order valence-corrected chi connectivity index (χ0v) is 11.4. The Labute approximate surface area is 105 Å². The number of methoxy groups -OCH3 is 1. The number of piperidine rings is 1. The second-order valence-corrected chi connectivity index (χ2v) is 4.96. The summed E-state index contributed by atoms with van der Waals surface area (Å²) in [6.45, 7) is 4.96. The first-order valence-corrected chi connectivity index (χ1v) is 6.65. The Bertz CT molecular complexity index is 233. The lowest BCUT2D eigenvalue weighted by Crippen LogP contribution is -2.44. The number of carbonyl (C=O) groups excluding carboxylic acids is 1. The molecule has 1 rings (SSSR count). The van der Waals surface area contributed by atoms with Crippen LogP contribution in [0.2, 0.25) is 0 Å². The van der Waals surface area contributed by atoms with E-state index in [0.717, 1.165) is 19.6 Å². The predicted molar refractivity (Wildman–Crippen MR) is 68.9 cm³/mol. The van der Waals surface area contributed by atoms with Crippen molar-refractivity contribution in [3.05, 3.63) is 0 Å². The maximum absolute atomic E-state index is 11.4. The lowest BCUT2D eigenvalue weighted by molar-refractivity contribution is -0.145. The van der Waals surface area contributed by atoms with Crippen LogP contribution in [-0.2, 0) is 9.53 Å². The number of nitrogens with zero attached hydrogens (tertiary/aromatic N) is 1. The summed E-state index contributed by atoms with van der Waals surface area (Å²) in [5, 5.41) is 3.20. The van der Waals surface area contributed by atoms with Gasteiger partial charge in [0.25, 0.3) is 0 Å². The smallest absolute Gasteiger partial charge is 0.309 e. The summed E-state index contributed by atoms with van der Waals surface area (Å²) < 4.78 is 4.79. The largest absolute Gasteiger partial charge is 0.469 e. The molecule has 0 saturated carbocycles. The number of hydrogen-bond donors (Lipinski definition) is 1. The molecule has 1 aliphatic heterocycles. The Morgan fingerprint density at radius 3 is 2.94 bits per heavy atom. The van der Waals surface area contributed by atoms with Gasteiger partial charge in [-0.1, -0.05) is 13.3 Å². The fourth-order valence-electron chi connectivity index (χ4n) is 2.57. The van der Waals surface area contributed by atoms with E-state index in [0.29, 0.717) is 6.04 Å². The first-order chi connectivity index (χ1) is 8.19. The number of carbonyl (C=O) groups is 1. The third-order valence-corrected chi connectivity index (χ3v) is 3.59. The molecule has 1 saturated heterocycles. The van der Waals surface area contributed by atoms with E-state index in [1.807, 2.05) is 14.0 Å². The number of rotatable bonds is 6. The van der Waals surface area contributed by atoms with Gasteiger partial charge < -0.3 is 10.1 Å². The molecule has 1 heterocycles. The van der Waals surface area contributed by atoms with Crippen LogP contribution in [0.5, 0.6) is 0 Å². The quantitative estimate of drug-likeness (QED) is 0.712. The fourth-order valence-corrected chi connectivity index (χ4v) is 2.57. The molecular formula is C13H26N2O2. The van der Waals surface area contributed by atoms with Gasteiger partial charge in [0, 0.05) is 12.6 Å². The highest BCUT2D eigenvalue weighted by Gasteiger charge is 2.25. The molecule has 0 aromatic carbocycles. The van der Waals surface area contributed by atoms with Gasteiger partial charge in [-0.15, -0.1) is 0 Å². The molecule has 4 nitrogen and oxygen atoms in total. The van der Waals surface area contributed by atoms with Crippen molar-refractivity contribution < 1.29 is 9.53 Å². The number of likely N-dealkylation sites (tertiary alicyclic amines) is 1. The van der Waals surface area contributed by atoms with E-state index in [4.69, 9.17) is 4.74 Å². The number of esters is 1. The molecule has 2 atom stereocenters. The average Bonchev–Trinajstić information content (AvgIpc) is 2.36. The van der Waals surface area contributed by atoms with Gasteiger partial charge in [-0.05, 0) is 39.4 Å². The minimum atomic E-state index is -0.0945. The van der Waals surface area contributed by atoms with Crippen molar-refractivity contribution in [2.24, 2.45) is 5.92 Å². The van der Waals surface area contributed by atoms with Gasteiger partial charge in [0.15, 0.2) is 0 Å². The Kier molecular flexibility index (Phi) is 6.52. The van der Waals surface area contributed by atoms with E-state index in [-0.39, 0.29) is 11.9 Å². The molecule has 0 aromatic heterocycles. The van der Waals surface area contributed by atoms with E-state index in [9.17, 15) is 4.79 Å².